The summed E-state index contributed by atoms with van der Waals surface area (Å²) < 4.78 is 0. The molecule has 1 atom stereocenters. The zero-order valence-electron chi connectivity index (χ0n) is 16.0. The van der Waals surface area contributed by atoms with Gasteiger partial charge in [0.25, 0.3) is 0 Å². The summed E-state index contributed by atoms with van der Waals surface area (Å²) in [6, 6.07) is 14.8. The second-order valence-corrected chi connectivity index (χ2v) is 8.30. The van der Waals surface area contributed by atoms with E-state index in [0.717, 1.165) is 33.0 Å². The lowest BCUT2D eigenvalue weighted by atomic mass is 9.99. The zero-order valence-corrected chi connectivity index (χ0v) is 16.8. The van der Waals surface area contributed by atoms with Crippen molar-refractivity contribution in [2.24, 2.45) is 5.73 Å². The number of anilines is 1. The number of H-pyrrole nitrogens is 1. The molecule has 0 bridgehead atoms. The van der Waals surface area contributed by atoms with Crippen LogP contribution >= 0.6 is 11.3 Å². The van der Waals surface area contributed by atoms with Crippen molar-refractivity contribution < 1.29 is 0 Å². The van der Waals surface area contributed by atoms with Crippen LogP contribution < -0.4 is 11.1 Å². The molecule has 2 aromatic heterocycles. The van der Waals surface area contributed by atoms with Crippen LogP contribution in [0, 0.1) is 0 Å². The molecule has 0 aliphatic heterocycles. The van der Waals surface area contributed by atoms with Crippen molar-refractivity contribution in [2.45, 2.75) is 32.2 Å². The average molecular weight is 393 g/mol. The second-order valence-electron chi connectivity index (χ2n) is 7.33. The second kappa shape index (κ2) is 8.08. The summed E-state index contributed by atoms with van der Waals surface area (Å²) in [4.78, 5) is 0. The lowest BCUT2D eigenvalue weighted by molar-refractivity contribution is 0.698. The van der Waals surface area contributed by atoms with Crippen LogP contribution in [-0.4, -0.2) is 33.0 Å². The third-order valence-corrected chi connectivity index (χ3v) is 5.70. The highest BCUT2D eigenvalue weighted by Crippen LogP contribution is 2.28. The van der Waals surface area contributed by atoms with Gasteiger partial charge in [-0.1, -0.05) is 49.4 Å². The zero-order chi connectivity index (χ0) is 19.5. The van der Waals surface area contributed by atoms with Gasteiger partial charge in [-0.2, -0.15) is 5.10 Å². The topological polar surface area (TPSA) is 92.5 Å². The van der Waals surface area contributed by atoms with Gasteiger partial charge < -0.3 is 11.1 Å². The first-order chi connectivity index (χ1) is 13.6. The van der Waals surface area contributed by atoms with Gasteiger partial charge in [0.2, 0.25) is 5.13 Å². The van der Waals surface area contributed by atoms with Crippen LogP contribution in [0.25, 0.3) is 21.5 Å². The van der Waals surface area contributed by atoms with E-state index < -0.39 is 0 Å². The molecule has 0 amide bonds. The summed E-state index contributed by atoms with van der Waals surface area (Å²) >= 11 is 1.53. The van der Waals surface area contributed by atoms with Gasteiger partial charge in [0.15, 0.2) is 0 Å². The number of hydrogen-bond acceptors (Lipinski definition) is 6. The Morgan fingerprint density at radius 1 is 1.11 bits per heavy atom. The third-order valence-electron chi connectivity index (χ3n) is 4.77. The molecule has 4 aromatic rings. The number of nitrogens with one attached hydrogen (secondary N) is 2. The normalized spacial score (nSPS) is 12.6. The number of nitrogens with two attached hydrogens (primary N) is 1. The van der Waals surface area contributed by atoms with Crippen LogP contribution in [0.4, 0.5) is 5.13 Å². The molecule has 0 spiro atoms. The molecule has 0 fully saturated rings. The molecule has 6 nitrogen and oxygen atoms in total. The summed E-state index contributed by atoms with van der Waals surface area (Å²) in [6.07, 6.45) is 2.64. The molecule has 0 unspecified atom stereocenters. The van der Waals surface area contributed by atoms with Gasteiger partial charge in [0, 0.05) is 23.5 Å². The first-order valence-electron chi connectivity index (χ1n) is 9.44. The van der Waals surface area contributed by atoms with Crippen molar-refractivity contribution in [1.82, 2.24) is 20.4 Å². The number of benzene rings is 2. The Labute approximate surface area is 168 Å². The third kappa shape index (κ3) is 4.21. The molecule has 4 N–H and O–H groups in total. The van der Waals surface area contributed by atoms with Gasteiger partial charge in [-0.15, -0.1) is 10.2 Å². The average Bonchev–Trinajstić information content (AvgIpc) is 3.35. The van der Waals surface area contributed by atoms with Gasteiger partial charge in [0.1, 0.15) is 5.01 Å². The minimum atomic E-state index is 0.0135. The molecule has 0 radical (unpaired) electrons. The number of fused-ring (bicyclic) bond motifs is 1. The maximum Gasteiger partial charge on any atom is 0.206 e. The standard InChI is InChI=1S/C21H24N6S/c1-13(2)15-5-3-14(4-6-15)9-18(22)12-23-21-27-26-20(28-21)16-7-8-19-17(10-16)11-24-25-19/h3-8,10-11,13,18H,9,12,22H2,1-2H3,(H,23,27)(H,24,25)/t18-/m0/s1. The van der Waals surface area contributed by atoms with Gasteiger partial charge in [0.05, 0.1) is 11.7 Å². The monoisotopic (exact) mass is 392 g/mol. The van der Waals surface area contributed by atoms with Crippen molar-refractivity contribution in [3.8, 4) is 10.6 Å². The molecule has 144 valence electrons. The van der Waals surface area contributed by atoms with Crippen LogP contribution in [0.3, 0.4) is 0 Å². The molecular weight excluding hydrogens is 368 g/mol. The molecule has 0 aliphatic rings. The Morgan fingerprint density at radius 2 is 1.93 bits per heavy atom. The van der Waals surface area contributed by atoms with E-state index in [-0.39, 0.29) is 6.04 Å². The molecule has 4 rings (SSSR count). The van der Waals surface area contributed by atoms with E-state index in [2.05, 4.69) is 69.9 Å². The minimum absolute atomic E-state index is 0.0135. The lowest BCUT2D eigenvalue weighted by Gasteiger charge is -2.13. The predicted octanol–water partition coefficient (Wildman–Crippen LogP) is 4.19. The van der Waals surface area contributed by atoms with Crippen LogP contribution in [0.5, 0.6) is 0 Å². The van der Waals surface area contributed by atoms with E-state index in [4.69, 9.17) is 5.73 Å². The van der Waals surface area contributed by atoms with E-state index >= 15 is 0 Å². The summed E-state index contributed by atoms with van der Waals surface area (Å²) in [5, 5.41) is 21.6. The summed E-state index contributed by atoms with van der Waals surface area (Å²) in [5.74, 6) is 0.546. The predicted molar refractivity (Wildman–Crippen MR) is 116 cm³/mol. The fourth-order valence-corrected chi connectivity index (χ4v) is 3.87. The number of aromatic amines is 1. The Hall–Kier alpha value is -2.77. The highest BCUT2D eigenvalue weighted by Gasteiger charge is 2.10. The van der Waals surface area contributed by atoms with Crippen molar-refractivity contribution >= 4 is 27.4 Å². The summed E-state index contributed by atoms with van der Waals surface area (Å²) in [5.41, 5.74) is 11.0. The number of rotatable bonds is 7. The highest BCUT2D eigenvalue weighted by molar-refractivity contribution is 7.18. The highest BCUT2D eigenvalue weighted by atomic mass is 32.1. The van der Waals surface area contributed by atoms with Crippen molar-refractivity contribution in [1.29, 1.82) is 0 Å². The first kappa shape index (κ1) is 18.6. The van der Waals surface area contributed by atoms with Gasteiger partial charge in [-0.25, -0.2) is 0 Å². The molecule has 7 heteroatoms. The van der Waals surface area contributed by atoms with E-state index in [0.29, 0.717) is 12.5 Å². The fourth-order valence-electron chi connectivity index (χ4n) is 3.12. The smallest absolute Gasteiger partial charge is 0.206 e. The van der Waals surface area contributed by atoms with E-state index in [1.165, 1.54) is 22.5 Å². The molecule has 0 saturated carbocycles. The van der Waals surface area contributed by atoms with Gasteiger partial charge in [-0.05, 0) is 41.7 Å². The maximum absolute atomic E-state index is 6.30. The van der Waals surface area contributed by atoms with Gasteiger partial charge >= 0.3 is 0 Å². The molecular formula is C21H24N6S. The van der Waals surface area contributed by atoms with Crippen molar-refractivity contribution in [3.63, 3.8) is 0 Å². The van der Waals surface area contributed by atoms with Crippen LogP contribution in [0.2, 0.25) is 0 Å². The number of aromatic nitrogens is 4. The van der Waals surface area contributed by atoms with E-state index in [1.54, 1.807) is 0 Å². The Morgan fingerprint density at radius 3 is 2.71 bits per heavy atom. The quantitative estimate of drug-likeness (QED) is 0.439. The molecule has 2 aromatic carbocycles. The SMILES string of the molecule is CC(C)c1ccc(C[C@H](N)CNc2nnc(-c3ccc4[nH]ncc4c3)s2)cc1. The molecule has 0 aliphatic carbocycles. The van der Waals surface area contributed by atoms with Crippen LogP contribution in [-0.2, 0) is 6.42 Å². The summed E-state index contributed by atoms with van der Waals surface area (Å²) in [6.45, 7) is 5.06. The molecule has 0 saturated heterocycles. The summed E-state index contributed by atoms with van der Waals surface area (Å²) in [7, 11) is 0. The van der Waals surface area contributed by atoms with Crippen LogP contribution in [0.1, 0.15) is 30.9 Å². The van der Waals surface area contributed by atoms with Crippen LogP contribution in [0.15, 0.2) is 48.7 Å². The molecule has 28 heavy (non-hydrogen) atoms. The minimum Gasteiger partial charge on any atom is -0.359 e. The largest absolute Gasteiger partial charge is 0.359 e. The maximum atomic E-state index is 6.30. The van der Waals surface area contributed by atoms with Crippen molar-refractivity contribution in [2.75, 3.05) is 11.9 Å². The molecule has 2 heterocycles. The Balaban J connectivity index is 1.34. The van der Waals surface area contributed by atoms with Gasteiger partial charge in [-0.3, -0.25) is 5.10 Å². The number of hydrogen-bond donors (Lipinski definition) is 3. The fraction of sp³-hybridized carbons (Fsp3) is 0.286. The first-order valence-corrected chi connectivity index (χ1v) is 10.3. The number of nitrogens with zero attached hydrogens (tertiary/aromatic N) is 3. The Kier molecular flexibility index (Phi) is 5.36. The van der Waals surface area contributed by atoms with E-state index in [1.807, 2.05) is 18.3 Å². The Bertz CT molecular complexity index is 1050. The van der Waals surface area contributed by atoms with E-state index in [9.17, 15) is 0 Å². The van der Waals surface area contributed by atoms with Crippen molar-refractivity contribution in [3.05, 3.63) is 59.8 Å². The lowest BCUT2D eigenvalue weighted by Crippen LogP contribution is -2.31.